The summed E-state index contributed by atoms with van der Waals surface area (Å²) in [5, 5.41) is 6.67. The zero-order valence-corrected chi connectivity index (χ0v) is 13.6. The molecule has 1 aliphatic carbocycles. The first-order valence-corrected chi connectivity index (χ1v) is 8.06. The van der Waals surface area contributed by atoms with Crippen molar-refractivity contribution >= 4 is 5.96 Å². The Balaban J connectivity index is 2.00. The second-order valence-corrected chi connectivity index (χ2v) is 5.24. The Morgan fingerprint density at radius 3 is 2.76 bits per heavy atom. The maximum atomic E-state index is 5.42. The Labute approximate surface area is 129 Å². The lowest BCUT2D eigenvalue weighted by atomic mass is 9.97. The van der Waals surface area contributed by atoms with E-state index in [1.807, 2.05) is 7.05 Å². The van der Waals surface area contributed by atoms with E-state index in [1.54, 1.807) is 12.7 Å². The van der Waals surface area contributed by atoms with Gasteiger partial charge in [-0.1, -0.05) is 11.6 Å². The third kappa shape index (κ3) is 9.47. The van der Waals surface area contributed by atoms with Crippen molar-refractivity contribution in [2.45, 2.75) is 38.5 Å². The molecule has 5 nitrogen and oxygen atoms in total. The molecule has 0 heterocycles. The van der Waals surface area contributed by atoms with E-state index >= 15 is 0 Å². The number of nitrogens with zero attached hydrogens (tertiary/aromatic N) is 1. The summed E-state index contributed by atoms with van der Waals surface area (Å²) in [6, 6.07) is 0. The zero-order valence-electron chi connectivity index (χ0n) is 13.6. The Hall–Kier alpha value is -1.07. The number of allylic oxidation sites excluding steroid dienone is 1. The third-order valence-electron chi connectivity index (χ3n) is 3.54. The van der Waals surface area contributed by atoms with Crippen LogP contribution in [0.4, 0.5) is 0 Å². The van der Waals surface area contributed by atoms with Gasteiger partial charge in [-0.3, -0.25) is 4.99 Å². The fourth-order valence-corrected chi connectivity index (χ4v) is 2.32. The highest BCUT2D eigenvalue weighted by molar-refractivity contribution is 5.79. The molecule has 0 aliphatic heterocycles. The maximum Gasteiger partial charge on any atom is 0.190 e. The Bertz CT molecular complexity index is 317. The van der Waals surface area contributed by atoms with Crippen LogP contribution in [0, 0.1) is 0 Å². The van der Waals surface area contributed by atoms with Crippen molar-refractivity contribution in [1.29, 1.82) is 0 Å². The second-order valence-electron chi connectivity index (χ2n) is 5.24. The van der Waals surface area contributed by atoms with Crippen molar-refractivity contribution < 1.29 is 9.47 Å². The van der Waals surface area contributed by atoms with Crippen molar-refractivity contribution in [2.75, 3.05) is 47.1 Å². The van der Waals surface area contributed by atoms with Crippen LogP contribution in [0.1, 0.15) is 38.5 Å². The van der Waals surface area contributed by atoms with E-state index in [0.29, 0.717) is 13.2 Å². The second kappa shape index (κ2) is 12.7. The van der Waals surface area contributed by atoms with E-state index in [-0.39, 0.29) is 0 Å². The van der Waals surface area contributed by atoms with E-state index < -0.39 is 0 Å². The van der Waals surface area contributed by atoms with E-state index in [2.05, 4.69) is 21.7 Å². The lowest BCUT2D eigenvalue weighted by molar-refractivity contribution is 0.0698. The minimum absolute atomic E-state index is 0.659. The average Bonchev–Trinajstić information content (AvgIpc) is 2.53. The van der Waals surface area contributed by atoms with Gasteiger partial charge in [0.15, 0.2) is 5.96 Å². The van der Waals surface area contributed by atoms with Gasteiger partial charge in [0.05, 0.1) is 13.2 Å². The zero-order chi connectivity index (χ0) is 15.2. The van der Waals surface area contributed by atoms with Gasteiger partial charge in [-0.05, 0) is 38.5 Å². The van der Waals surface area contributed by atoms with Gasteiger partial charge in [-0.2, -0.15) is 0 Å². The summed E-state index contributed by atoms with van der Waals surface area (Å²) >= 11 is 0. The highest BCUT2D eigenvalue weighted by Crippen LogP contribution is 2.19. The molecular weight excluding hydrogens is 266 g/mol. The molecule has 0 radical (unpaired) electrons. The van der Waals surface area contributed by atoms with Crippen molar-refractivity contribution in [3.63, 3.8) is 0 Å². The van der Waals surface area contributed by atoms with Crippen LogP contribution in [0.25, 0.3) is 0 Å². The molecule has 1 rings (SSSR count). The van der Waals surface area contributed by atoms with Gasteiger partial charge in [0.25, 0.3) is 0 Å². The van der Waals surface area contributed by atoms with Gasteiger partial charge in [-0.15, -0.1) is 0 Å². The van der Waals surface area contributed by atoms with Crippen LogP contribution in [0.3, 0.4) is 0 Å². The molecule has 0 unspecified atom stereocenters. The van der Waals surface area contributed by atoms with Crippen LogP contribution in [0.5, 0.6) is 0 Å². The number of rotatable bonds is 10. The Kier molecular flexibility index (Phi) is 10.8. The molecule has 0 amide bonds. The Morgan fingerprint density at radius 1 is 1.19 bits per heavy atom. The standard InChI is InChI=1S/C16H31N3O2/c1-17-16(18-10-6-12-21-14-13-20-2)19-11-9-15-7-4-3-5-8-15/h7H,3-6,8-14H2,1-2H3,(H2,17,18,19). The molecule has 0 atom stereocenters. The summed E-state index contributed by atoms with van der Waals surface area (Å²) in [5.74, 6) is 0.878. The number of guanidine groups is 1. The first kappa shape index (κ1) is 18.0. The van der Waals surface area contributed by atoms with E-state index in [0.717, 1.165) is 38.5 Å². The summed E-state index contributed by atoms with van der Waals surface area (Å²) in [6.45, 7) is 3.90. The van der Waals surface area contributed by atoms with Gasteiger partial charge in [-0.25, -0.2) is 0 Å². The topological polar surface area (TPSA) is 54.9 Å². The predicted octanol–water partition coefficient (Wildman–Crippen LogP) is 2.09. The van der Waals surface area contributed by atoms with E-state index in [4.69, 9.17) is 9.47 Å². The van der Waals surface area contributed by atoms with Gasteiger partial charge >= 0.3 is 0 Å². The largest absolute Gasteiger partial charge is 0.382 e. The van der Waals surface area contributed by atoms with Gasteiger partial charge in [0.1, 0.15) is 0 Å². The maximum absolute atomic E-state index is 5.42. The molecular formula is C16H31N3O2. The van der Waals surface area contributed by atoms with Crippen LogP contribution in [-0.4, -0.2) is 53.0 Å². The molecule has 21 heavy (non-hydrogen) atoms. The highest BCUT2D eigenvalue weighted by Gasteiger charge is 2.03. The molecule has 0 aromatic heterocycles. The number of aliphatic imine (C=N–C) groups is 1. The fraction of sp³-hybridized carbons (Fsp3) is 0.812. The lowest BCUT2D eigenvalue weighted by Gasteiger charge is -2.15. The van der Waals surface area contributed by atoms with Crippen molar-refractivity contribution in [3.05, 3.63) is 11.6 Å². The third-order valence-corrected chi connectivity index (χ3v) is 3.54. The quantitative estimate of drug-likeness (QED) is 0.281. The molecule has 0 saturated carbocycles. The van der Waals surface area contributed by atoms with Crippen LogP contribution < -0.4 is 10.6 Å². The number of methoxy groups -OCH3 is 1. The van der Waals surface area contributed by atoms with E-state index in [1.165, 1.54) is 25.7 Å². The number of nitrogens with one attached hydrogen (secondary N) is 2. The van der Waals surface area contributed by atoms with Gasteiger partial charge in [0.2, 0.25) is 0 Å². The lowest BCUT2D eigenvalue weighted by Crippen LogP contribution is -2.38. The molecule has 0 fully saturated rings. The normalized spacial score (nSPS) is 15.7. The summed E-state index contributed by atoms with van der Waals surface area (Å²) in [5.41, 5.74) is 1.59. The summed E-state index contributed by atoms with van der Waals surface area (Å²) in [7, 11) is 3.49. The number of hydrogen-bond acceptors (Lipinski definition) is 3. The average molecular weight is 297 g/mol. The predicted molar refractivity (Wildman–Crippen MR) is 87.8 cm³/mol. The van der Waals surface area contributed by atoms with Crippen molar-refractivity contribution in [1.82, 2.24) is 10.6 Å². The Morgan fingerprint density at radius 2 is 2.05 bits per heavy atom. The van der Waals surface area contributed by atoms with Crippen LogP contribution in [-0.2, 0) is 9.47 Å². The molecule has 0 bridgehead atoms. The minimum atomic E-state index is 0.659. The first-order chi connectivity index (χ1) is 10.4. The number of hydrogen-bond donors (Lipinski definition) is 2. The first-order valence-electron chi connectivity index (χ1n) is 8.06. The molecule has 1 aliphatic rings. The summed E-state index contributed by atoms with van der Waals surface area (Å²) in [6.07, 6.45) is 9.72. The smallest absolute Gasteiger partial charge is 0.190 e. The van der Waals surface area contributed by atoms with Crippen LogP contribution in [0.15, 0.2) is 16.6 Å². The fourth-order valence-electron chi connectivity index (χ4n) is 2.32. The number of ether oxygens (including phenoxy) is 2. The van der Waals surface area contributed by atoms with Crippen molar-refractivity contribution in [2.24, 2.45) is 4.99 Å². The van der Waals surface area contributed by atoms with Gasteiger partial charge in [0, 0.05) is 33.9 Å². The monoisotopic (exact) mass is 297 g/mol. The molecule has 122 valence electrons. The molecule has 2 N–H and O–H groups in total. The molecule has 0 saturated heterocycles. The summed E-state index contributed by atoms with van der Waals surface area (Å²) < 4.78 is 10.3. The molecule has 0 aromatic carbocycles. The molecule has 0 spiro atoms. The highest BCUT2D eigenvalue weighted by atomic mass is 16.5. The van der Waals surface area contributed by atoms with Crippen molar-refractivity contribution in [3.8, 4) is 0 Å². The SMILES string of the molecule is CN=C(NCCCOCCOC)NCCC1=CCCCC1. The van der Waals surface area contributed by atoms with Crippen LogP contribution >= 0.6 is 0 Å². The molecule has 5 heteroatoms. The summed E-state index contributed by atoms with van der Waals surface area (Å²) in [4.78, 5) is 4.23. The molecule has 0 aromatic rings. The van der Waals surface area contributed by atoms with E-state index in [9.17, 15) is 0 Å². The van der Waals surface area contributed by atoms with Crippen LogP contribution in [0.2, 0.25) is 0 Å². The minimum Gasteiger partial charge on any atom is -0.382 e. The van der Waals surface area contributed by atoms with Gasteiger partial charge < -0.3 is 20.1 Å².